The monoisotopic (exact) mass is 382 g/mol. The summed E-state index contributed by atoms with van der Waals surface area (Å²) in [5, 5.41) is 4.31. The molecule has 2 nitrogen and oxygen atoms in total. The van der Waals surface area contributed by atoms with Gasteiger partial charge in [0.25, 0.3) is 0 Å². The summed E-state index contributed by atoms with van der Waals surface area (Å²) in [7, 11) is 0. The molecule has 0 saturated carbocycles. The van der Waals surface area contributed by atoms with Crippen LogP contribution >= 0.6 is 46.4 Å². The number of hydrogen-bond acceptors (Lipinski definition) is 0. The second-order valence-electron chi connectivity index (χ2n) is 5.43. The van der Waals surface area contributed by atoms with E-state index in [2.05, 4.69) is 9.97 Å². The Morgan fingerprint density at radius 2 is 1.00 bits per heavy atom. The summed E-state index contributed by atoms with van der Waals surface area (Å²) in [6.45, 7) is 0. The normalized spacial score (nSPS) is 11.7. The van der Waals surface area contributed by atoms with Crippen molar-refractivity contribution in [2.45, 2.75) is 6.42 Å². The Balaban J connectivity index is 1.82. The van der Waals surface area contributed by atoms with Gasteiger partial charge in [0.05, 0.1) is 20.1 Å². The van der Waals surface area contributed by atoms with E-state index in [4.69, 9.17) is 46.4 Å². The predicted octanol–water partition coefficient (Wildman–Crippen LogP) is 6.85. The molecule has 0 radical (unpaired) electrons. The van der Waals surface area contributed by atoms with Crippen LogP contribution in [0.5, 0.6) is 0 Å². The van der Waals surface area contributed by atoms with E-state index in [0.29, 0.717) is 20.1 Å². The summed E-state index contributed by atoms with van der Waals surface area (Å²) in [4.78, 5) is 6.47. The molecule has 2 N–H and O–H groups in total. The molecule has 0 aliphatic heterocycles. The quantitative estimate of drug-likeness (QED) is 0.379. The van der Waals surface area contributed by atoms with E-state index >= 15 is 0 Å². The van der Waals surface area contributed by atoms with Gasteiger partial charge in [-0.25, -0.2) is 0 Å². The Labute approximate surface area is 152 Å². The summed E-state index contributed by atoms with van der Waals surface area (Å²) < 4.78 is 0. The third-order valence-corrected chi connectivity index (χ3v) is 5.44. The van der Waals surface area contributed by atoms with Crippen LogP contribution in [0.25, 0.3) is 21.8 Å². The van der Waals surface area contributed by atoms with E-state index in [1.54, 1.807) is 0 Å². The van der Waals surface area contributed by atoms with Crippen LogP contribution in [0, 0.1) is 0 Å². The fourth-order valence-corrected chi connectivity index (χ4v) is 3.50. The zero-order chi connectivity index (χ0) is 16.1. The van der Waals surface area contributed by atoms with Crippen molar-refractivity contribution >= 4 is 68.2 Å². The number of rotatable bonds is 2. The van der Waals surface area contributed by atoms with E-state index < -0.39 is 0 Å². The van der Waals surface area contributed by atoms with Gasteiger partial charge in [-0.3, -0.25) is 0 Å². The molecule has 4 aromatic rings. The molecule has 2 aromatic carbocycles. The van der Waals surface area contributed by atoms with Gasteiger partial charge in [0.2, 0.25) is 0 Å². The van der Waals surface area contributed by atoms with Crippen molar-refractivity contribution in [3.63, 3.8) is 0 Å². The first-order valence-electron chi connectivity index (χ1n) is 6.93. The third kappa shape index (κ3) is 2.60. The highest BCUT2D eigenvalue weighted by Crippen LogP contribution is 2.33. The molecule has 2 aromatic heterocycles. The SMILES string of the molecule is Clc1cc2[nH]cc(Cc3c[nH]c4cc(Cl)c(Cl)cc34)c2cc1Cl. The molecule has 0 amide bonds. The average molecular weight is 384 g/mol. The van der Waals surface area contributed by atoms with Crippen LogP contribution < -0.4 is 0 Å². The van der Waals surface area contributed by atoms with Crippen molar-refractivity contribution in [2.75, 3.05) is 0 Å². The van der Waals surface area contributed by atoms with E-state index in [0.717, 1.165) is 39.4 Å². The maximum atomic E-state index is 6.15. The van der Waals surface area contributed by atoms with Crippen molar-refractivity contribution in [3.8, 4) is 0 Å². The number of hydrogen-bond donors (Lipinski definition) is 2. The molecule has 0 aliphatic carbocycles. The molecule has 0 bridgehead atoms. The third-order valence-electron chi connectivity index (χ3n) is 4.00. The van der Waals surface area contributed by atoms with Crippen molar-refractivity contribution in [3.05, 3.63) is 67.9 Å². The highest BCUT2D eigenvalue weighted by molar-refractivity contribution is 6.43. The molecular weight excluding hydrogens is 374 g/mol. The Hall–Kier alpha value is -1.32. The Morgan fingerprint density at radius 3 is 1.43 bits per heavy atom. The second kappa shape index (κ2) is 5.64. The van der Waals surface area contributed by atoms with Crippen LogP contribution in [0.3, 0.4) is 0 Å². The van der Waals surface area contributed by atoms with Gasteiger partial charge in [-0.05, 0) is 35.4 Å². The second-order valence-corrected chi connectivity index (χ2v) is 7.06. The fourth-order valence-electron chi connectivity index (χ4n) is 2.85. The van der Waals surface area contributed by atoms with Gasteiger partial charge < -0.3 is 9.97 Å². The molecule has 0 atom stereocenters. The topological polar surface area (TPSA) is 31.6 Å². The van der Waals surface area contributed by atoms with Crippen LogP contribution in [0.2, 0.25) is 20.1 Å². The number of nitrogens with one attached hydrogen (secondary N) is 2. The highest BCUT2D eigenvalue weighted by Gasteiger charge is 2.12. The van der Waals surface area contributed by atoms with Crippen LogP contribution in [0.1, 0.15) is 11.1 Å². The molecule has 23 heavy (non-hydrogen) atoms. The van der Waals surface area contributed by atoms with Gasteiger partial charge in [-0.2, -0.15) is 0 Å². The van der Waals surface area contributed by atoms with E-state index in [1.165, 1.54) is 0 Å². The summed E-state index contributed by atoms with van der Waals surface area (Å²) in [5.41, 5.74) is 4.22. The Morgan fingerprint density at radius 1 is 0.609 bits per heavy atom. The number of halogens is 4. The molecular formula is C17H10Cl4N2. The van der Waals surface area contributed by atoms with Gasteiger partial charge in [0, 0.05) is 40.6 Å². The summed E-state index contributed by atoms with van der Waals surface area (Å²) >= 11 is 24.4. The summed E-state index contributed by atoms with van der Waals surface area (Å²) in [6, 6.07) is 7.47. The number of fused-ring (bicyclic) bond motifs is 2. The first-order valence-corrected chi connectivity index (χ1v) is 8.44. The van der Waals surface area contributed by atoms with Crippen LogP contribution in [-0.4, -0.2) is 9.97 Å². The van der Waals surface area contributed by atoms with Gasteiger partial charge in [-0.1, -0.05) is 46.4 Å². The predicted molar refractivity (Wildman–Crippen MR) is 99.4 cm³/mol. The molecule has 4 rings (SSSR count). The molecule has 116 valence electrons. The lowest BCUT2D eigenvalue weighted by Crippen LogP contribution is -1.85. The molecule has 0 unspecified atom stereocenters. The first kappa shape index (κ1) is 15.2. The number of aromatic nitrogens is 2. The lowest BCUT2D eigenvalue weighted by molar-refractivity contribution is 1.22. The minimum Gasteiger partial charge on any atom is -0.361 e. The van der Waals surface area contributed by atoms with Gasteiger partial charge in [0.15, 0.2) is 0 Å². The van der Waals surface area contributed by atoms with Crippen molar-refractivity contribution in [1.29, 1.82) is 0 Å². The maximum Gasteiger partial charge on any atom is 0.0613 e. The van der Waals surface area contributed by atoms with Gasteiger partial charge in [-0.15, -0.1) is 0 Å². The molecule has 6 heteroatoms. The summed E-state index contributed by atoms with van der Waals surface area (Å²) in [6.07, 6.45) is 4.71. The molecule has 2 heterocycles. The molecule has 0 saturated heterocycles. The van der Waals surface area contributed by atoms with E-state index in [1.807, 2.05) is 36.7 Å². The minimum atomic E-state index is 0.543. The van der Waals surface area contributed by atoms with Crippen LogP contribution in [0.15, 0.2) is 36.7 Å². The molecule has 0 aliphatic rings. The fraction of sp³-hybridized carbons (Fsp3) is 0.0588. The summed E-state index contributed by atoms with van der Waals surface area (Å²) in [5.74, 6) is 0. The van der Waals surface area contributed by atoms with Crippen LogP contribution in [0.4, 0.5) is 0 Å². The lowest BCUT2D eigenvalue weighted by atomic mass is 10.0. The zero-order valence-corrected chi connectivity index (χ0v) is 14.7. The maximum absolute atomic E-state index is 6.15. The van der Waals surface area contributed by atoms with Crippen molar-refractivity contribution < 1.29 is 0 Å². The number of benzene rings is 2. The highest BCUT2D eigenvalue weighted by atomic mass is 35.5. The van der Waals surface area contributed by atoms with Gasteiger partial charge >= 0.3 is 0 Å². The largest absolute Gasteiger partial charge is 0.361 e. The molecule has 0 spiro atoms. The number of aromatic amines is 2. The molecule has 0 fully saturated rings. The van der Waals surface area contributed by atoms with Gasteiger partial charge in [0.1, 0.15) is 0 Å². The average Bonchev–Trinajstić information content (AvgIpc) is 3.07. The minimum absolute atomic E-state index is 0.543. The van der Waals surface area contributed by atoms with E-state index in [-0.39, 0.29) is 0 Å². The Kier molecular flexibility index (Phi) is 3.73. The van der Waals surface area contributed by atoms with Crippen LogP contribution in [-0.2, 0) is 6.42 Å². The first-order chi connectivity index (χ1) is 11.0. The standard InChI is InChI=1S/C17H10Cl4N2/c18-12-2-10-8(6-22-16(10)4-14(12)20)1-9-7-23-17-5-15(21)13(19)3-11(9)17/h2-7,22-23H,1H2. The zero-order valence-electron chi connectivity index (χ0n) is 11.7. The smallest absolute Gasteiger partial charge is 0.0613 e. The van der Waals surface area contributed by atoms with E-state index in [9.17, 15) is 0 Å². The number of H-pyrrole nitrogens is 2. The Bertz CT molecular complexity index is 962. The van der Waals surface area contributed by atoms with Crippen molar-refractivity contribution in [1.82, 2.24) is 9.97 Å². The lowest BCUT2D eigenvalue weighted by Gasteiger charge is -2.02. The van der Waals surface area contributed by atoms with Crippen molar-refractivity contribution in [2.24, 2.45) is 0 Å².